The number of carbonyl (C=O) groups is 1. The van der Waals surface area contributed by atoms with Gasteiger partial charge >= 0.3 is 0 Å². The predicted molar refractivity (Wildman–Crippen MR) is 123 cm³/mol. The van der Waals surface area contributed by atoms with E-state index in [-0.39, 0.29) is 5.91 Å². The fourth-order valence-corrected chi connectivity index (χ4v) is 3.79. The van der Waals surface area contributed by atoms with Gasteiger partial charge in [-0.15, -0.1) is 0 Å². The molecule has 1 atom stereocenters. The second-order valence-corrected chi connectivity index (χ2v) is 7.24. The smallest absolute Gasteiger partial charge is 0.255 e. The summed E-state index contributed by atoms with van der Waals surface area (Å²) >= 11 is 0. The van der Waals surface area contributed by atoms with Crippen molar-refractivity contribution in [3.05, 3.63) is 59.3 Å². The number of nitrogens with one attached hydrogen (secondary N) is 2. The number of carbonyl (C=O) groups excluding carboxylic acids is 1. The summed E-state index contributed by atoms with van der Waals surface area (Å²) in [6.45, 7) is 6.57. The normalized spacial score (nSPS) is 14.8. The molecule has 0 aliphatic carbocycles. The van der Waals surface area contributed by atoms with Gasteiger partial charge in [0.1, 0.15) is 11.8 Å². The number of benzene rings is 2. The molecule has 10 nitrogen and oxygen atoms in total. The van der Waals surface area contributed by atoms with E-state index in [1.54, 1.807) is 17.9 Å². The van der Waals surface area contributed by atoms with Crippen LogP contribution >= 0.6 is 0 Å². The lowest BCUT2D eigenvalue weighted by atomic mass is 9.94. The minimum Gasteiger partial charge on any atom is -0.493 e. The summed E-state index contributed by atoms with van der Waals surface area (Å²) in [5, 5.41) is 18.1. The molecule has 1 aromatic heterocycles. The minimum absolute atomic E-state index is 0.299. The van der Waals surface area contributed by atoms with Gasteiger partial charge in [0.2, 0.25) is 5.95 Å². The molecule has 2 N–H and O–H groups in total. The van der Waals surface area contributed by atoms with E-state index >= 15 is 0 Å². The van der Waals surface area contributed by atoms with Crippen LogP contribution in [0.2, 0.25) is 0 Å². The monoisotopic (exact) mass is 450 g/mol. The number of anilines is 2. The van der Waals surface area contributed by atoms with Crippen molar-refractivity contribution in [3.8, 4) is 17.2 Å². The van der Waals surface area contributed by atoms with Crippen LogP contribution in [0.4, 0.5) is 11.6 Å². The highest BCUT2D eigenvalue weighted by molar-refractivity contribution is 6.06. The minimum atomic E-state index is -0.583. The molecule has 0 spiro atoms. The third-order valence-electron chi connectivity index (χ3n) is 5.20. The van der Waals surface area contributed by atoms with Gasteiger partial charge in [0.25, 0.3) is 5.91 Å². The van der Waals surface area contributed by atoms with E-state index in [0.29, 0.717) is 53.4 Å². The first-order valence-corrected chi connectivity index (χ1v) is 10.7. The Hall–Kier alpha value is -4.08. The number of hydrogen-bond acceptors (Lipinski definition) is 8. The third-order valence-corrected chi connectivity index (χ3v) is 5.20. The number of ether oxygens (including phenoxy) is 3. The van der Waals surface area contributed by atoms with Crippen LogP contribution in [0.3, 0.4) is 0 Å². The van der Waals surface area contributed by atoms with E-state index in [9.17, 15) is 4.79 Å². The fraction of sp³-hybridized carbons (Fsp3) is 0.304. The van der Waals surface area contributed by atoms with Crippen LogP contribution < -0.4 is 24.8 Å². The molecule has 1 amide bonds. The summed E-state index contributed by atoms with van der Waals surface area (Å²) in [4.78, 5) is 13.6. The standard InChI is InChI=1S/C23H26N6O4/c1-5-32-17-10-8-7-9-16(17)25-22(30)20-14(3)24-23-26-27-28-29(23)21(20)15-11-12-18(31-4)19(13-15)33-6-2/h7-13,21H,5-6H2,1-4H3,(H,25,30)(H,24,26,28). The molecule has 2 heterocycles. The zero-order valence-corrected chi connectivity index (χ0v) is 19.0. The van der Waals surface area contributed by atoms with Crippen molar-refractivity contribution >= 4 is 17.5 Å². The van der Waals surface area contributed by atoms with Gasteiger partial charge in [-0.3, -0.25) is 4.79 Å². The van der Waals surface area contributed by atoms with E-state index < -0.39 is 6.04 Å². The Bertz CT molecular complexity index is 1190. The van der Waals surface area contributed by atoms with Crippen molar-refractivity contribution in [3.63, 3.8) is 0 Å². The van der Waals surface area contributed by atoms with Crippen LogP contribution in [0.1, 0.15) is 32.4 Å². The van der Waals surface area contributed by atoms with Crippen LogP contribution in [0.15, 0.2) is 53.7 Å². The molecular formula is C23H26N6O4. The summed E-state index contributed by atoms with van der Waals surface area (Å²) in [6, 6.07) is 12.3. The van der Waals surface area contributed by atoms with Crippen LogP contribution in [0.25, 0.3) is 0 Å². The van der Waals surface area contributed by atoms with Gasteiger partial charge in [-0.2, -0.15) is 4.68 Å². The highest BCUT2D eigenvalue weighted by atomic mass is 16.5. The van der Waals surface area contributed by atoms with Gasteiger partial charge in [-0.05, 0) is 61.0 Å². The molecule has 10 heteroatoms. The van der Waals surface area contributed by atoms with E-state index in [1.807, 2.05) is 57.2 Å². The van der Waals surface area contributed by atoms with Gasteiger partial charge in [0, 0.05) is 5.70 Å². The number of para-hydroxylation sites is 2. The molecule has 0 saturated carbocycles. The number of nitrogens with zero attached hydrogens (tertiary/aromatic N) is 4. The largest absolute Gasteiger partial charge is 0.493 e. The second-order valence-electron chi connectivity index (χ2n) is 7.24. The first kappa shape index (κ1) is 22.1. The van der Waals surface area contributed by atoms with Crippen LogP contribution in [0.5, 0.6) is 17.2 Å². The third kappa shape index (κ3) is 4.32. The summed E-state index contributed by atoms with van der Waals surface area (Å²) in [7, 11) is 1.58. The van der Waals surface area contributed by atoms with E-state index in [4.69, 9.17) is 14.2 Å². The van der Waals surface area contributed by atoms with Crippen molar-refractivity contribution in [2.45, 2.75) is 26.8 Å². The maximum atomic E-state index is 13.6. The van der Waals surface area contributed by atoms with Gasteiger partial charge in [-0.25, -0.2) is 0 Å². The van der Waals surface area contributed by atoms with Gasteiger partial charge < -0.3 is 24.8 Å². The van der Waals surface area contributed by atoms with Gasteiger partial charge in [0.05, 0.1) is 31.6 Å². The van der Waals surface area contributed by atoms with Crippen molar-refractivity contribution < 1.29 is 19.0 Å². The Morgan fingerprint density at radius 2 is 1.85 bits per heavy atom. The molecule has 0 radical (unpaired) electrons. The lowest BCUT2D eigenvalue weighted by molar-refractivity contribution is -0.113. The van der Waals surface area contributed by atoms with Crippen LogP contribution in [-0.2, 0) is 4.79 Å². The van der Waals surface area contributed by atoms with Crippen molar-refractivity contribution in [1.29, 1.82) is 0 Å². The molecule has 3 aromatic rings. The Balaban J connectivity index is 1.77. The molecule has 2 aromatic carbocycles. The number of allylic oxidation sites excluding steroid dienone is 1. The predicted octanol–water partition coefficient (Wildman–Crippen LogP) is 3.41. The average Bonchev–Trinajstić information content (AvgIpc) is 3.27. The molecule has 172 valence electrons. The van der Waals surface area contributed by atoms with E-state index in [0.717, 1.165) is 5.56 Å². The molecule has 1 unspecified atom stereocenters. The first-order chi connectivity index (χ1) is 16.1. The Kier molecular flexibility index (Phi) is 6.43. The number of fused-ring (bicyclic) bond motifs is 1. The van der Waals surface area contributed by atoms with Gasteiger partial charge in [0.15, 0.2) is 11.5 Å². The average molecular weight is 450 g/mol. The molecule has 4 rings (SSSR count). The topological polar surface area (TPSA) is 112 Å². The van der Waals surface area contributed by atoms with E-state index in [1.165, 1.54) is 0 Å². The fourth-order valence-electron chi connectivity index (χ4n) is 3.79. The summed E-state index contributed by atoms with van der Waals surface area (Å²) in [6.07, 6.45) is 0. The quantitative estimate of drug-likeness (QED) is 0.537. The number of methoxy groups -OCH3 is 1. The molecule has 0 fully saturated rings. The number of aromatic nitrogens is 4. The van der Waals surface area contributed by atoms with Crippen LogP contribution in [-0.4, -0.2) is 46.4 Å². The number of hydrogen-bond donors (Lipinski definition) is 2. The number of tetrazole rings is 1. The summed E-state index contributed by atoms with van der Waals surface area (Å²) in [5.74, 6) is 1.91. The summed E-state index contributed by atoms with van der Waals surface area (Å²) < 4.78 is 18.4. The number of amides is 1. The van der Waals surface area contributed by atoms with Crippen LogP contribution in [0, 0.1) is 0 Å². The molecule has 1 aliphatic rings. The molecule has 33 heavy (non-hydrogen) atoms. The van der Waals surface area contributed by atoms with Crippen molar-refractivity contribution in [2.75, 3.05) is 31.0 Å². The maximum Gasteiger partial charge on any atom is 0.255 e. The lowest BCUT2D eigenvalue weighted by Crippen LogP contribution is -2.31. The Labute approximate surface area is 191 Å². The Morgan fingerprint density at radius 1 is 1.09 bits per heavy atom. The first-order valence-electron chi connectivity index (χ1n) is 10.7. The zero-order chi connectivity index (χ0) is 23.4. The number of rotatable bonds is 8. The molecular weight excluding hydrogens is 424 g/mol. The summed E-state index contributed by atoms with van der Waals surface area (Å²) in [5.41, 5.74) is 2.46. The van der Waals surface area contributed by atoms with Crippen molar-refractivity contribution in [2.24, 2.45) is 0 Å². The second kappa shape index (κ2) is 9.60. The van der Waals surface area contributed by atoms with Gasteiger partial charge in [-0.1, -0.05) is 23.3 Å². The molecule has 0 bridgehead atoms. The molecule has 0 saturated heterocycles. The highest BCUT2D eigenvalue weighted by Gasteiger charge is 2.34. The molecule has 1 aliphatic heterocycles. The van der Waals surface area contributed by atoms with E-state index in [2.05, 4.69) is 26.2 Å². The van der Waals surface area contributed by atoms with Crippen molar-refractivity contribution in [1.82, 2.24) is 20.2 Å². The zero-order valence-electron chi connectivity index (χ0n) is 19.0. The lowest BCUT2D eigenvalue weighted by Gasteiger charge is -2.28. The SMILES string of the molecule is CCOc1ccccc1NC(=O)C1=C(C)Nc2nnnn2C1c1ccc(OC)c(OCC)c1. The highest BCUT2D eigenvalue weighted by Crippen LogP contribution is 2.39. The Morgan fingerprint density at radius 3 is 2.61 bits per heavy atom. The maximum absolute atomic E-state index is 13.6.